The molecule has 180 valence electrons. The van der Waals surface area contributed by atoms with Crippen LogP contribution in [-0.4, -0.2) is 25.7 Å². The summed E-state index contributed by atoms with van der Waals surface area (Å²) < 4.78 is 11.4. The van der Waals surface area contributed by atoms with Crippen molar-refractivity contribution >= 4 is 10.9 Å². The number of fused-ring (bicyclic) bond motifs is 1. The fraction of sp³-hybridized carbons (Fsp3) is 0.533. The van der Waals surface area contributed by atoms with Gasteiger partial charge in [0, 0.05) is 16.5 Å². The van der Waals surface area contributed by atoms with Gasteiger partial charge in [-0.2, -0.15) is 0 Å². The molecule has 34 heavy (non-hydrogen) atoms. The summed E-state index contributed by atoms with van der Waals surface area (Å²) >= 11 is 0. The van der Waals surface area contributed by atoms with Crippen LogP contribution in [0.25, 0.3) is 22.2 Å². The number of aromatic nitrogens is 1. The van der Waals surface area contributed by atoms with Crippen LogP contribution in [0, 0.1) is 17.8 Å². The minimum absolute atomic E-state index is 0.405. The Balaban J connectivity index is 1.48. The second-order valence-electron chi connectivity index (χ2n) is 11.2. The summed E-state index contributed by atoms with van der Waals surface area (Å²) in [4.78, 5) is 3.77. The highest BCUT2D eigenvalue weighted by atomic mass is 16.5. The minimum Gasteiger partial charge on any atom is -0.493 e. The first-order valence-electron chi connectivity index (χ1n) is 13.2. The minimum atomic E-state index is 0.405. The quantitative estimate of drug-likeness (QED) is 0.374. The number of benzene rings is 2. The molecule has 1 aromatic heterocycles. The number of aromatic amines is 1. The van der Waals surface area contributed by atoms with Crippen LogP contribution in [-0.2, 0) is 11.8 Å². The highest BCUT2D eigenvalue weighted by Crippen LogP contribution is 2.61. The lowest BCUT2D eigenvalue weighted by molar-refractivity contribution is -0.00513. The molecule has 7 rings (SSSR count). The maximum Gasteiger partial charge on any atom is 0.170 e. The highest BCUT2D eigenvalue weighted by Gasteiger charge is 2.51. The normalized spacial score (nSPS) is 27.4. The van der Waals surface area contributed by atoms with Crippen LogP contribution < -0.4 is 15.2 Å². The Hall–Kier alpha value is -2.46. The fourth-order valence-corrected chi connectivity index (χ4v) is 8.06. The zero-order chi connectivity index (χ0) is 23.3. The lowest BCUT2D eigenvalue weighted by atomic mass is 9.48. The third-order valence-electron chi connectivity index (χ3n) is 9.11. The molecule has 0 amide bonds. The molecule has 3 N–H and O–H groups in total. The zero-order valence-corrected chi connectivity index (χ0v) is 20.7. The lowest BCUT2D eigenvalue weighted by Gasteiger charge is -2.57. The van der Waals surface area contributed by atoms with E-state index in [1.165, 1.54) is 55.0 Å². The van der Waals surface area contributed by atoms with Crippen molar-refractivity contribution in [3.63, 3.8) is 0 Å². The van der Waals surface area contributed by atoms with E-state index in [-0.39, 0.29) is 0 Å². The zero-order valence-electron chi connectivity index (χ0n) is 20.7. The standard InChI is InChI=1S/C30H38N2O2/c1-33-27-8-5-7-24(29(27)34-2)28-23(6-3-4-11-31)25-15-22(9-10-26(25)32-28)30-16-19-12-20(17-30)14-21(13-19)18-30/h5,7-10,15,19-21,32H,3-4,6,11-14,16-18,31H2,1-2H3. The van der Waals surface area contributed by atoms with E-state index in [4.69, 9.17) is 15.2 Å². The molecule has 4 nitrogen and oxygen atoms in total. The molecule has 4 heteroatoms. The van der Waals surface area contributed by atoms with Crippen LogP contribution in [0.4, 0.5) is 0 Å². The maximum atomic E-state index is 5.86. The Morgan fingerprint density at radius 1 is 0.941 bits per heavy atom. The molecular weight excluding hydrogens is 420 g/mol. The number of hydrogen-bond donors (Lipinski definition) is 2. The number of ether oxygens (including phenoxy) is 2. The van der Waals surface area contributed by atoms with Gasteiger partial charge in [-0.3, -0.25) is 0 Å². The van der Waals surface area contributed by atoms with Gasteiger partial charge in [0.25, 0.3) is 0 Å². The van der Waals surface area contributed by atoms with E-state index in [1.807, 2.05) is 12.1 Å². The number of rotatable bonds is 8. The first kappa shape index (κ1) is 22.0. The van der Waals surface area contributed by atoms with Crippen molar-refractivity contribution < 1.29 is 9.47 Å². The van der Waals surface area contributed by atoms with E-state index in [9.17, 15) is 0 Å². The van der Waals surface area contributed by atoms with Gasteiger partial charge in [-0.25, -0.2) is 0 Å². The molecule has 0 aliphatic heterocycles. The van der Waals surface area contributed by atoms with E-state index in [2.05, 4.69) is 29.2 Å². The van der Waals surface area contributed by atoms with E-state index < -0.39 is 0 Å². The first-order valence-corrected chi connectivity index (χ1v) is 13.2. The van der Waals surface area contributed by atoms with Crippen LogP contribution in [0.5, 0.6) is 11.5 Å². The molecule has 2 aromatic carbocycles. The van der Waals surface area contributed by atoms with Gasteiger partial charge in [-0.15, -0.1) is 0 Å². The number of nitrogens with two attached hydrogens (primary N) is 1. The van der Waals surface area contributed by atoms with Crippen molar-refractivity contribution in [1.29, 1.82) is 0 Å². The average molecular weight is 459 g/mol. The van der Waals surface area contributed by atoms with Gasteiger partial charge in [0.2, 0.25) is 0 Å². The Kier molecular flexibility index (Phi) is 5.60. The summed E-state index contributed by atoms with van der Waals surface area (Å²) in [5.74, 6) is 4.41. The van der Waals surface area contributed by atoms with Gasteiger partial charge >= 0.3 is 0 Å². The Bertz CT molecular complexity index is 1160. The number of H-pyrrole nitrogens is 1. The Morgan fingerprint density at radius 3 is 2.32 bits per heavy atom. The number of para-hydroxylation sites is 1. The van der Waals surface area contributed by atoms with Gasteiger partial charge in [0.1, 0.15) is 0 Å². The van der Waals surface area contributed by atoms with Gasteiger partial charge in [-0.1, -0.05) is 12.1 Å². The van der Waals surface area contributed by atoms with E-state index in [1.54, 1.807) is 19.8 Å². The second kappa shape index (κ2) is 8.64. The van der Waals surface area contributed by atoms with Crippen molar-refractivity contribution in [3.8, 4) is 22.8 Å². The molecule has 0 unspecified atom stereocenters. The van der Waals surface area contributed by atoms with Crippen molar-refractivity contribution in [2.24, 2.45) is 23.5 Å². The monoisotopic (exact) mass is 458 g/mol. The van der Waals surface area contributed by atoms with E-state index in [0.717, 1.165) is 66.3 Å². The van der Waals surface area contributed by atoms with Crippen molar-refractivity contribution in [2.75, 3.05) is 20.8 Å². The molecule has 0 saturated heterocycles. The Labute approximate surface area is 203 Å². The van der Waals surface area contributed by atoms with E-state index >= 15 is 0 Å². The summed E-state index contributed by atoms with van der Waals surface area (Å²) in [6.45, 7) is 0.735. The van der Waals surface area contributed by atoms with Crippen LogP contribution >= 0.6 is 0 Å². The number of aryl methyl sites for hydroxylation is 1. The molecule has 0 atom stereocenters. The van der Waals surface area contributed by atoms with Gasteiger partial charge in [0.05, 0.1) is 19.9 Å². The maximum absolute atomic E-state index is 5.86. The SMILES string of the molecule is COc1cccc(-c2[nH]c3ccc(C45CC6CC(CC(C6)C4)C5)cc3c2CCCCN)c1OC. The van der Waals surface area contributed by atoms with Crippen LogP contribution in [0.1, 0.15) is 62.5 Å². The number of nitrogens with one attached hydrogen (secondary N) is 1. The smallest absolute Gasteiger partial charge is 0.170 e. The first-order chi connectivity index (χ1) is 16.6. The van der Waals surface area contributed by atoms with E-state index in [0.29, 0.717) is 5.41 Å². The van der Waals surface area contributed by atoms with Crippen molar-refractivity contribution in [1.82, 2.24) is 4.98 Å². The molecule has 4 bridgehead atoms. The molecular formula is C30H38N2O2. The molecule has 4 aliphatic rings. The molecule has 0 radical (unpaired) electrons. The molecule has 4 saturated carbocycles. The third kappa shape index (κ3) is 3.53. The predicted molar refractivity (Wildman–Crippen MR) is 139 cm³/mol. The highest BCUT2D eigenvalue weighted by molar-refractivity contribution is 5.93. The largest absolute Gasteiger partial charge is 0.493 e. The number of methoxy groups -OCH3 is 2. The van der Waals surface area contributed by atoms with Crippen LogP contribution in [0.3, 0.4) is 0 Å². The average Bonchev–Trinajstić information content (AvgIpc) is 3.20. The van der Waals surface area contributed by atoms with Crippen LogP contribution in [0.15, 0.2) is 36.4 Å². The summed E-state index contributed by atoms with van der Waals surface area (Å²) in [5.41, 5.74) is 12.7. The van der Waals surface area contributed by atoms with Crippen molar-refractivity contribution in [3.05, 3.63) is 47.5 Å². The van der Waals surface area contributed by atoms with Gasteiger partial charge in [-0.05, 0) is 123 Å². The molecule has 4 aliphatic carbocycles. The van der Waals surface area contributed by atoms with Gasteiger partial charge < -0.3 is 20.2 Å². The lowest BCUT2D eigenvalue weighted by Crippen LogP contribution is -2.48. The molecule has 3 aromatic rings. The second-order valence-corrected chi connectivity index (χ2v) is 11.2. The number of hydrogen-bond acceptors (Lipinski definition) is 3. The third-order valence-corrected chi connectivity index (χ3v) is 9.11. The Morgan fingerprint density at radius 2 is 1.68 bits per heavy atom. The fourth-order valence-electron chi connectivity index (χ4n) is 8.06. The predicted octanol–water partition coefficient (Wildman–Crippen LogP) is 6.60. The summed E-state index contributed by atoms with van der Waals surface area (Å²) in [5, 5.41) is 1.38. The summed E-state index contributed by atoms with van der Waals surface area (Å²) in [7, 11) is 3.43. The summed E-state index contributed by atoms with van der Waals surface area (Å²) in [6.07, 6.45) is 11.8. The van der Waals surface area contributed by atoms with Crippen molar-refractivity contribution in [2.45, 2.75) is 63.2 Å². The molecule has 0 spiro atoms. The number of unbranched alkanes of at least 4 members (excludes halogenated alkanes) is 1. The summed E-state index contributed by atoms with van der Waals surface area (Å²) in [6, 6.07) is 13.5. The molecule has 1 heterocycles. The topological polar surface area (TPSA) is 60.3 Å². The molecule has 4 fully saturated rings. The van der Waals surface area contributed by atoms with Gasteiger partial charge in [0.15, 0.2) is 11.5 Å². The van der Waals surface area contributed by atoms with Crippen LogP contribution in [0.2, 0.25) is 0 Å².